The van der Waals surface area contributed by atoms with E-state index in [4.69, 9.17) is 14.2 Å². The Morgan fingerprint density at radius 3 is 2.31 bits per heavy atom. The zero-order valence-electron chi connectivity index (χ0n) is 21.0. The van der Waals surface area contributed by atoms with Crippen LogP contribution < -0.4 is 0 Å². The molecule has 1 aromatic rings. The number of amides is 2. The van der Waals surface area contributed by atoms with Crippen LogP contribution in [0.3, 0.4) is 0 Å². The van der Waals surface area contributed by atoms with Crippen LogP contribution in [0.5, 0.6) is 0 Å². The first-order valence-electron chi connectivity index (χ1n) is 12.1. The summed E-state index contributed by atoms with van der Waals surface area (Å²) in [5, 5.41) is 0. The minimum Gasteiger partial charge on any atom is -0.467 e. The van der Waals surface area contributed by atoms with Gasteiger partial charge in [0.15, 0.2) is 0 Å². The molecule has 2 fully saturated rings. The Kier molecular flexibility index (Phi) is 8.75. The number of rotatable bonds is 7. The van der Waals surface area contributed by atoms with E-state index in [1.54, 1.807) is 0 Å². The number of benzene rings is 1. The van der Waals surface area contributed by atoms with Crippen molar-refractivity contribution in [3.05, 3.63) is 35.9 Å². The number of nitrogens with zero attached hydrogens (tertiary/aromatic N) is 2. The maximum Gasteiger partial charge on any atom is 0.411 e. The number of carbonyl (C=O) groups excluding carboxylic acids is 4. The summed E-state index contributed by atoms with van der Waals surface area (Å²) in [5.74, 6) is -2.17. The largest absolute Gasteiger partial charge is 0.467 e. The molecule has 35 heavy (non-hydrogen) atoms. The zero-order chi connectivity index (χ0) is 25.6. The number of ether oxygens (including phenoxy) is 3. The fourth-order valence-electron chi connectivity index (χ4n) is 4.52. The van der Waals surface area contributed by atoms with E-state index in [9.17, 15) is 19.2 Å². The Balaban J connectivity index is 1.70. The van der Waals surface area contributed by atoms with Crippen molar-refractivity contribution < 1.29 is 33.4 Å². The molecule has 9 heteroatoms. The Morgan fingerprint density at radius 1 is 1.06 bits per heavy atom. The van der Waals surface area contributed by atoms with Gasteiger partial charge in [-0.15, -0.1) is 0 Å². The average Bonchev–Trinajstić information content (AvgIpc) is 3.50. The van der Waals surface area contributed by atoms with Crippen molar-refractivity contribution in [2.24, 2.45) is 11.3 Å². The highest BCUT2D eigenvalue weighted by Crippen LogP contribution is 2.33. The zero-order valence-corrected chi connectivity index (χ0v) is 21.0. The van der Waals surface area contributed by atoms with Gasteiger partial charge in [-0.25, -0.2) is 9.59 Å². The molecular formula is C26H36N2O7. The van der Waals surface area contributed by atoms with E-state index in [2.05, 4.69) is 0 Å². The summed E-state index contributed by atoms with van der Waals surface area (Å²) in [5.41, 5.74) is 0.249. The van der Waals surface area contributed by atoms with Crippen LogP contribution in [0.1, 0.15) is 58.4 Å². The Morgan fingerprint density at radius 2 is 1.71 bits per heavy atom. The SMILES string of the molecule is COC(=O)[C@@H]1CN(C(=O)OCc2ccccc2)CN1C(=O)[C@@H](CC(=O)OC1CCCC1)C(C)(C)C. The topological polar surface area (TPSA) is 102 Å². The number of hydrogen-bond donors (Lipinski definition) is 0. The summed E-state index contributed by atoms with van der Waals surface area (Å²) in [7, 11) is 1.24. The summed E-state index contributed by atoms with van der Waals surface area (Å²) < 4.78 is 15.9. The van der Waals surface area contributed by atoms with Crippen LogP contribution in [-0.2, 0) is 35.2 Å². The monoisotopic (exact) mass is 488 g/mol. The average molecular weight is 489 g/mol. The van der Waals surface area contributed by atoms with Gasteiger partial charge < -0.3 is 19.1 Å². The maximum absolute atomic E-state index is 13.7. The van der Waals surface area contributed by atoms with Crippen molar-refractivity contribution in [2.45, 2.75) is 71.6 Å². The Labute approximate surface area is 206 Å². The van der Waals surface area contributed by atoms with Crippen molar-refractivity contribution in [2.75, 3.05) is 20.3 Å². The quantitative estimate of drug-likeness (QED) is 0.427. The molecule has 2 atom stereocenters. The molecule has 9 nitrogen and oxygen atoms in total. The van der Waals surface area contributed by atoms with Crippen molar-refractivity contribution in [1.29, 1.82) is 0 Å². The van der Waals surface area contributed by atoms with Gasteiger partial charge in [0.25, 0.3) is 0 Å². The molecule has 0 unspecified atom stereocenters. The summed E-state index contributed by atoms with van der Waals surface area (Å²) in [6, 6.07) is 8.25. The van der Waals surface area contributed by atoms with Gasteiger partial charge in [-0.3, -0.25) is 14.5 Å². The van der Waals surface area contributed by atoms with Gasteiger partial charge in [-0.05, 0) is 36.7 Å². The number of methoxy groups -OCH3 is 1. The second-order valence-corrected chi connectivity index (χ2v) is 10.3. The molecule has 0 N–H and O–H groups in total. The van der Waals surface area contributed by atoms with E-state index in [-0.39, 0.29) is 32.3 Å². The van der Waals surface area contributed by atoms with Crippen LogP contribution in [0.4, 0.5) is 4.79 Å². The molecule has 1 aliphatic heterocycles. The Bertz CT molecular complexity index is 906. The van der Waals surface area contributed by atoms with Crippen molar-refractivity contribution in [1.82, 2.24) is 9.80 Å². The highest BCUT2D eigenvalue weighted by molar-refractivity contribution is 5.90. The standard InChI is InChI=1S/C26H36N2O7/c1-26(2,3)20(14-22(29)35-19-12-8-9-13-19)23(30)28-17-27(15-21(28)24(31)33-4)25(32)34-16-18-10-6-5-7-11-18/h5-7,10-11,19-21H,8-9,12-17H2,1-4H3/t20-,21+/m1/s1. The fourth-order valence-corrected chi connectivity index (χ4v) is 4.52. The molecule has 2 aliphatic rings. The molecule has 2 amide bonds. The lowest BCUT2D eigenvalue weighted by Gasteiger charge is -2.34. The van der Waals surface area contributed by atoms with Crippen LogP contribution in [0, 0.1) is 11.3 Å². The van der Waals surface area contributed by atoms with Gasteiger partial charge >= 0.3 is 18.0 Å². The first-order chi connectivity index (χ1) is 16.6. The first-order valence-corrected chi connectivity index (χ1v) is 12.1. The molecular weight excluding hydrogens is 452 g/mol. The van der Waals surface area contributed by atoms with Gasteiger partial charge in [-0.1, -0.05) is 51.1 Å². The first kappa shape index (κ1) is 26.5. The van der Waals surface area contributed by atoms with Crippen LogP contribution in [0.2, 0.25) is 0 Å². The number of carbonyl (C=O) groups is 4. The fraction of sp³-hybridized carbons (Fsp3) is 0.615. The summed E-state index contributed by atoms with van der Waals surface area (Å²) in [4.78, 5) is 54.2. The molecule has 0 aromatic heterocycles. The highest BCUT2D eigenvalue weighted by Gasteiger charge is 2.46. The van der Waals surface area contributed by atoms with Crippen LogP contribution in [0.25, 0.3) is 0 Å². The van der Waals surface area contributed by atoms with Gasteiger partial charge in [0, 0.05) is 0 Å². The smallest absolute Gasteiger partial charge is 0.411 e. The molecule has 192 valence electrons. The minimum atomic E-state index is -0.979. The Hall–Kier alpha value is -3.10. The molecule has 0 spiro atoms. The van der Waals surface area contributed by atoms with Crippen molar-refractivity contribution in [3.63, 3.8) is 0 Å². The van der Waals surface area contributed by atoms with Crippen LogP contribution in [-0.4, -0.2) is 66.2 Å². The normalized spacial score (nSPS) is 19.4. The summed E-state index contributed by atoms with van der Waals surface area (Å²) in [6.07, 6.45) is 2.93. The molecule has 1 saturated heterocycles. The maximum atomic E-state index is 13.7. The van der Waals surface area contributed by atoms with E-state index in [1.165, 1.54) is 16.9 Å². The molecule has 1 heterocycles. The van der Waals surface area contributed by atoms with Crippen molar-refractivity contribution in [3.8, 4) is 0 Å². The lowest BCUT2D eigenvalue weighted by Crippen LogP contribution is -2.48. The minimum absolute atomic E-state index is 0.0462. The lowest BCUT2D eigenvalue weighted by atomic mass is 9.77. The predicted molar refractivity (Wildman–Crippen MR) is 127 cm³/mol. The van der Waals surface area contributed by atoms with Crippen LogP contribution >= 0.6 is 0 Å². The van der Waals surface area contributed by atoms with E-state index in [1.807, 2.05) is 51.1 Å². The number of hydrogen-bond acceptors (Lipinski definition) is 7. The van der Waals surface area contributed by atoms with Gasteiger partial charge in [0.2, 0.25) is 5.91 Å². The van der Waals surface area contributed by atoms with Gasteiger partial charge in [0.05, 0.1) is 26.0 Å². The van der Waals surface area contributed by atoms with Crippen molar-refractivity contribution >= 4 is 23.9 Å². The van der Waals surface area contributed by atoms with E-state index in [0.717, 1.165) is 31.2 Å². The van der Waals surface area contributed by atoms with E-state index in [0.29, 0.717) is 0 Å². The molecule has 0 radical (unpaired) electrons. The predicted octanol–water partition coefficient (Wildman–Crippen LogP) is 3.50. The van der Waals surface area contributed by atoms with Gasteiger partial charge in [-0.2, -0.15) is 0 Å². The van der Waals surface area contributed by atoms with Crippen LogP contribution in [0.15, 0.2) is 30.3 Å². The molecule has 1 aromatic carbocycles. The second kappa shape index (κ2) is 11.6. The van der Waals surface area contributed by atoms with E-state index < -0.39 is 41.3 Å². The summed E-state index contributed by atoms with van der Waals surface area (Å²) in [6.45, 7) is 5.51. The second-order valence-electron chi connectivity index (χ2n) is 10.3. The third kappa shape index (κ3) is 6.96. The van der Waals surface area contributed by atoms with E-state index >= 15 is 0 Å². The third-order valence-corrected chi connectivity index (χ3v) is 6.63. The molecule has 1 saturated carbocycles. The lowest BCUT2D eigenvalue weighted by molar-refractivity contribution is -0.158. The number of esters is 2. The molecule has 1 aliphatic carbocycles. The third-order valence-electron chi connectivity index (χ3n) is 6.63. The van der Waals surface area contributed by atoms with Gasteiger partial charge in [0.1, 0.15) is 25.4 Å². The summed E-state index contributed by atoms with van der Waals surface area (Å²) >= 11 is 0. The molecule has 3 rings (SSSR count). The highest BCUT2D eigenvalue weighted by atomic mass is 16.6. The molecule has 0 bridgehead atoms.